The molecule has 1 N–H and O–H groups in total. The second-order valence-electron chi connectivity index (χ2n) is 6.67. The molecule has 0 saturated heterocycles. The summed E-state index contributed by atoms with van der Waals surface area (Å²) in [5.41, 5.74) is 1.97. The second kappa shape index (κ2) is 7.21. The van der Waals surface area contributed by atoms with Gasteiger partial charge in [0.15, 0.2) is 5.82 Å². The van der Waals surface area contributed by atoms with Crippen molar-refractivity contribution in [2.24, 2.45) is 0 Å². The summed E-state index contributed by atoms with van der Waals surface area (Å²) in [5.74, 6) is -1.50. The van der Waals surface area contributed by atoms with Crippen molar-refractivity contribution in [3.05, 3.63) is 64.6 Å². The van der Waals surface area contributed by atoms with Gasteiger partial charge < -0.3 is 5.32 Å². The fraction of sp³-hybridized carbons (Fsp3) is 0.150. The molecule has 10 heteroatoms. The Bertz CT molecular complexity index is 1200. The van der Waals surface area contributed by atoms with E-state index >= 15 is 0 Å². The van der Waals surface area contributed by atoms with Crippen LogP contribution >= 0.6 is 0 Å². The van der Waals surface area contributed by atoms with Crippen LogP contribution in [0.5, 0.6) is 0 Å². The first-order valence-corrected chi connectivity index (χ1v) is 8.95. The molecule has 0 saturated carbocycles. The monoisotopic (exact) mass is 401 g/mol. The van der Waals surface area contributed by atoms with E-state index in [9.17, 15) is 19.6 Å². The number of hydrogen-bond acceptors (Lipinski definition) is 7. The van der Waals surface area contributed by atoms with Gasteiger partial charge in [-0.1, -0.05) is 12.1 Å². The minimum atomic E-state index is -0.660. The zero-order valence-electron chi connectivity index (χ0n) is 16.1. The highest BCUT2D eigenvalue weighted by Crippen LogP contribution is 2.23. The number of imide groups is 1. The van der Waals surface area contributed by atoms with Crippen LogP contribution in [-0.4, -0.2) is 48.9 Å². The molecule has 148 valence electrons. The van der Waals surface area contributed by atoms with Gasteiger partial charge in [0.2, 0.25) is 5.91 Å². The third-order valence-electron chi connectivity index (χ3n) is 4.49. The summed E-state index contributed by atoms with van der Waals surface area (Å²) < 4.78 is 1.23. The fourth-order valence-electron chi connectivity index (χ4n) is 3.20. The van der Waals surface area contributed by atoms with Crippen LogP contribution in [0, 0.1) is 25.2 Å². The van der Waals surface area contributed by atoms with Crippen molar-refractivity contribution < 1.29 is 14.4 Å². The Hall–Kier alpha value is -4.39. The molecule has 0 atom stereocenters. The molecule has 0 fully saturated rings. The molecular formula is C20H15N7O3. The Labute approximate surface area is 170 Å². The van der Waals surface area contributed by atoms with Gasteiger partial charge in [-0.25, -0.2) is 9.97 Å². The minimum absolute atomic E-state index is 0.0594. The van der Waals surface area contributed by atoms with E-state index in [4.69, 9.17) is 0 Å². The highest BCUT2D eigenvalue weighted by atomic mass is 16.2. The molecule has 4 rings (SSSR count). The summed E-state index contributed by atoms with van der Waals surface area (Å²) in [4.78, 5) is 47.0. The Kier molecular flexibility index (Phi) is 4.56. The van der Waals surface area contributed by atoms with Gasteiger partial charge >= 0.3 is 0 Å². The zero-order valence-corrected chi connectivity index (χ0v) is 16.1. The quantitative estimate of drug-likeness (QED) is 0.653. The van der Waals surface area contributed by atoms with Gasteiger partial charge in [-0.05, 0) is 32.0 Å². The minimum Gasteiger partial charge on any atom is -0.308 e. The molecule has 10 nitrogen and oxygen atoms in total. The average Bonchev–Trinajstić information content (AvgIpc) is 3.22. The van der Waals surface area contributed by atoms with E-state index in [1.807, 2.05) is 6.07 Å². The molecule has 1 aliphatic rings. The van der Waals surface area contributed by atoms with Crippen molar-refractivity contribution in [3.8, 4) is 12.0 Å². The Balaban J connectivity index is 1.60. The number of nitrogens with zero attached hydrogens (tertiary/aromatic N) is 6. The van der Waals surface area contributed by atoms with E-state index in [1.54, 1.807) is 32.0 Å². The summed E-state index contributed by atoms with van der Waals surface area (Å²) in [6.45, 7) is 3.07. The number of anilines is 1. The predicted octanol–water partition coefficient (Wildman–Crippen LogP) is 1.39. The standard InChI is InChI=1S/C20H15N7O3/c1-11-7-12(2)24-20(23-11)27-17(13(8-21)9-22-27)25-16(28)10-26-18(29)14-5-3-4-6-15(14)19(26)30/h3-7,9H,10H2,1-2H3,(H,25,28). The zero-order chi connectivity index (χ0) is 21.4. The maximum atomic E-state index is 12.6. The van der Waals surface area contributed by atoms with Gasteiger partial charge in [-0.2, -0.15) is 15.0 Å². The van der Waals surface area contributed by atoms with E-state index in [1.165, 1.54) is 23.0 Å². The first-order chi connectivity index (χ1) is 14.4. The predicted molar refractivity (Wildman–Crippen MR) is 104 cm³/mol. The summed E-state index contributed by atoms with van der Waals surface area (Å²) in [6.07, 6.45) is 1.28. The number of nitrogens with one attached hydrogen (secondary N) is 1. The molecule has 0 aliphatic carbocycles. The lowest BCUT2D eigenvalue weighted by Crippen LogP contribution is -2.37. The number of nitriles is 1. The number of amides is 3. The van der Waals surface area contributed by atoms with Crippen LogP contribution in [0.4, 0.5) is 5.82 Å². The number of carbonyl (C=O) groups is 3. The van der Waals surface area contributed by atoms with E-state index < -0.39 is 24.3 Å². The molecule has 1 aromatic carbocycles. The molecular weight excluding hydrogens is 386 g/mol. The molecule has 1 aliphatic heterocycles. The lowest BCUT2D eigenvalue weighted by molar-refractivity contribution is -0.116. The number of benzene rings is 1. The summed E-state index contributed by atoms with van der Waals surface area (Å²) in [6, 6.07) is 10.1. The van der Waals surface area contributed by atoms with E-state index in [2.05, 4.69) is 20.4 Å². The van der Waals surface area contributed by atoms with Crippen LogP contribution in [0.3, 0.4) is 0 Å². The van der Waals surface area contributed by atoms with E-state index in [0.717, 1.165) is 4.90 Å². The molecule has 3 heterocycles. The molecule has 2 aromatic heterocycles. The van der Waals surface area contributed by atoms with E-state index in [-0.39, 0.29) is 28.5 Å². The molecule has 3 amide bonds. The molecule has 0 bridgehead atoms. The van der Waals surface area contributed by atoms with Crippen LogP contribution in [0.1, 0.15) is 37.7 Å². The topological polar surface area (TPSA) is 134 Å². The molecule has 0 unspecified atom stereocenters. The van der Waals surface area contributed by atoms with Crippen molar-refractivity contribution in [2.75, 3.05) is 11.9 Å². The third kappa shape index (κ3) is 3.18. The van der Waals surface area contributed by atoms with Crippen LogP contribution in [0.25, 0.3) is 5.95 Å². The largest absolute Gasteiger partial charge is 0.308 e. The number of rotatable bonds is 4. The van der Waals surface area contributed by atoms with Crippen molar-refractivity contribution in [3.63, 3.8) is 0 Å². The number of carbonyl (C=O) groups excluding carboxylic acids is 3. The lowest BCUT2D eigenvalue weighted by atomic mass is 10.1. The van der Waals surface area contributed by atoms with Crippen LogP contribution in [-0.2, 0) is 4.79 Å². The highest BCUT2D eigenvalue weighted by Gasteiger charge is 2.36. The first-order valence-electron chi connectivity index (χ1n) is 8.95. The van der Waals surface area contributed by atoms with Crippen molar-refractivity contribution >= 4 is 23.5 Å². The maximum Gasteiger partial charge on any atom is 0.262 e. The number of fused-ring (bicyclic) bond motifs is 1. The van der Waals surface area contributed by atoms with Crippen molar-refractivity contribution in [1.82, 2.24) is 24.6 Å². The third-order valence-corrected chi connectivity index (χ3v) is 4.49. The molecule has 30 heavy (non-hydrogen) atoms. The Morgan fingerprint density at radius 1 is 1.10 bits per heavy atom. The van der Waals surface area contributed by atoms with Gasteiger partial charge in [0.25, 0.3) is 17.8 Å². The number of aryl methyl sites for hydroxylation is 2. The van der Waals surface area contributed by atoms with Gasteiger partial charge in [0.05, 0.1) is 17.3 Å². The van der Waals surface area contributed by atoms with E-state index in [0.29, 0.717) is 11.4 Å². The van der Waals surface area contributed by atoms with Crippen LogP contribution < -0.4 is 5.32 Å². The van der Waals surface area contributed by atoms with Crippen LogP contribution in [0.2, 0.25) is 0 Å². The van der Waals surface area contributed by atoms with Crippen molar-refractivity contribution in [2.45, 2.75) is 13.8 Å². The summed E-state index contributed by atoms with van der Waals surface area (Å²) >= 11 is 0. The maximum absolute atomic E-state index is 12.6. The first kappa shape index (κ1) is 18.9. The van der Waals surface area contributed by atoms with Gasteiger partial charge in [-0.15, -0.1) is 0 Å². The second-order valence-corrected chi connectivity index (χ2v) is 6.67. The average molecular weight is 401 g/mol. The molecule has 0 radical (unpaired) electrons. The SMILES string of the molecule is Cc1cc(C)nc(-n2ncc(C#N)c2NC(=O)CN2C(=O)c3ccccc3C2=O)n1. The molecule has 0 spiro atoms. The highest BCUT2D eigenvalue weighted by molar-refractivity contribution is 6.22. The number of aromatic nitrogens is 4. The van der Waals surface area contributed by atoms with Gasteiger partial charge in [0.1, 0.15) is 18.2 Å². The molecule has 3 aromatic rings. The van der Waals surface area contributed by atoms with Gasteiger partial charge in [0, 0.05) is 11.4 Å². The fourth-order valence-corrected chi connectivity index (χ4v) is 3.20. The number of hydrogen-bond donors (Lipinski definition) is 1. The van der Waals surface area contributed by atoms with Crippen molar-refractivity contribution in [1.29, 1.82) is 5.26 Å². The summed E-state index contributed by atoms with van der Waals surface area (Å²) in [7, 11) is 0. The Morgan fingerprint density at radius 2 is 1.70 bits per heavy atom. The normalized spacial score (nSPS) is 12.6. The van der Waals surface area contributed by atoms with Crippen LogP contribution in [0.15, 0.2) is 36.5 Å². The van der Waals surface area contributed by atoms with Gasteiger partial charge in [-0.3, -0.25) is 19.3 Å². The summed E-state index contributed by atoms with van der Waals surface area (Å²) in [5, 5.41) is 16.0. The Morgan fingerprint density at radius 3 is 2.27 bits per heavy atom. The smallest absolute Gasteiger partial charge is 0.262 e. The lowest BCUT2D eigenvalue weighted by Gasteiger charge is -2.14.